The molecule has 1 saturated carbocycles. The summed E-state index contributed by atoms with van der Waals surface area (Å²) < 4.78 is 0. The molecule has 0 aromatic rings. The summed E-state index contributed by atoms with van der Waals surface area (Å²) in [4.78, 5) is 22.1. The highest BCUT2D eigenvalue weighted by Gasteiger charge is 2.46. The van der Waals surface area contributed by atoms with E-state index in [0.29, 0.717) is 38.1 Å². The first-order valence-electron chi connectivity index (χ1n) is 4.76. The van der Waals surface area contributed by atoms with Crippen molar-refractivity contribution in [3.63, 3.8) is 0 Å². The standard InChI is InChI=1S/C9H16N2O3/c10-5-6-1-3-9(4-2-6,7(11)12)8(13)14/h6H,1-5,10H2,(H2,11,12)(H,13,14). The zero-order valence-corrected chi connectivity index (χ0v) is 8.03. The number of carboxylic acids is 1. The second-order valence-corrected chi connectivity index (χ2v) is 3.93. The van der Waals surface area contributed by atoms with E-state index in [-0.39, 0.29) is 0 Å². The molecule has 0 heterocycles. The van der Waals surface area contributed by atoms with Crippen LogP contribution in [-0.2, 0) is 9.59 Å². The quantitative estimate of drug-likeness (QED) is 0.543. The van der Waals surface area contributed by atoms with Gasteiger partial charge in [0, 0.05) is 0 Å². The molecule has 0 aromatic carbocycles. The fraction of sp³-hybridized carbons (Fsp3) is 0.778. The number of hydrogen-bond donors (Lipinski definition) is 3. The van der Waals surface area contributed by atoms with E-state index in [9.17, 15) is 9.59 Å². The molecule has 0 spiro atoms. The number of carbonyl (C=O) groups excluding carboxylic acids is 1. The van der Waals surface area contributed by atoms with Crippen LogP contribution in [0.4, 0.5) is 0 Å². The van der Waals surface area contributed by atoms with Crippen molar-refractivity contribution in [2.45, 2.75) is 25.7 Å². The van der Waals surface area contributed by atoms with Crippen LogP contribution < -0.4 is 11.5 Å². The minimum atomic E-state index is -1.34. The molecular formula is C9H16N2O3. The lowest BCUT2D eigenvalue weighted by molar-refractivity contribution is -0.157. The third kappa shape index (κ3) is 1.72. The Morgan fingerprint density at radius 1 is 1.36 bits per heavy atom. The maximum atomic E-state index is 11.1. The molecule has 5 N–H and O–H groups in total. The number of nitrogens with two attached hydrogens (primary N) is 2. The van der Waals surface area contributed by atoms with Gasteiger partial charge in [-0.3, -0.25) is 9.59 Å². The van der Waals surface area contributed by atoms with Crippen LogP contribution in [0, 0.1) is 11.3 Å². The predicted molar refractivity (Wildman–Crippen MR) is 50.3 cm³/mol. The predicted octanol–water partition coefficient (Wildman–Crippen LogP) is -0.308. The van der Waals surface area contributed by atoms with Gasteiger partial charge in [-0.25, -0.2) is 0 Å². The van der Waals surface area contributed by atoms with E-state index in [1.807, 2.05) is 0 Å². The lowest BCUT2D eigenvalue weighted by Gasteiger charge is -2.33. The van der Waals surface area contributed by atoms with Gasteiger partial charge in [0.15, 0.2) is 0 Å². The Bertz CT molecular complexity index is 228. The molecule has 0 radical (unpaired) electrons. The van der Waals surface area contributed by atoms with Crippen LogP contribution in [0.15, 0.2) is 0 Å². The molecule has 1 aliphatic rings. The number of carboxylic acid groups (broad SMARTS) is 1. The Labute approximate surface area is 82.5 Å². The number of primary amides is 1. The Balaban J connectivity index is 2.75. The number of rotatable bonds is 3. The van der Waals surface area contributed by atoms with Gasteiger partial charge in [0.2, 0.25) is 5.91 Å². The second-order valence-electron chi connectivity index (χ2n) is 3.93. The molecule has 14 heavy (non-hydrogen) atoms. The van der Waals surface area contributed by atoms with Crippen molar-refractivity contribution >= 4 is 11.9 Å². The molecular weight excluding hydrogens is 184 g/mol. The summed E-state index contributed by atoms with van der Waals surface area (Å²) in [7, 11) is 0. The number of carbonyl (C=O) groups is 2. The summed E-state index contributed by atoms with van der Waals surface area (Å²) in [5, 5.41) is 8.99. The Hall–Kier alpha value is -1.10. The van der Waals surface area contributed by atoms with E-state index >= 15 is 0 Å². The summed E-state index contributed by atoms with van der Waals surface area (Å²) in [6.07, 6.45) is 1.98. The molecule has 5 heteroatoms. The van der Waals surface area contributed by atoms with Crippen LogP contribution in [0.2, 0.25) is 0 Å². The molecule has 1 rings (SSSR count). The minimum Gasteiger partial charge on any atom is -0.480 e. The summed E-state index contributed by atoms with van der Waals surface area (Å²) in [6.45, 7) is 0.550. The van der Waals surface area contributed by atoms with Gasteiger partial charge in [0.1, 0.15) is 5.41 Å². The van der Waals surface area contributed by atoms with E-state index in [1.165, 1.54) is 0 Å². The summed E-state index contributed by atoms with van der Waals surface area (Å²) in [5.74, 6) is -1.48. The molecule has 0 aliphatic heterocycles. The lowest BCUT2D eigenvalue weighted by Crippen LogP contribution is -2.47. The van der Waals surface area contributed by atoms with Crippen molar-refractivity contribution in [1.29, 1.82) is 0 Å². The van der Waals surface area contributed by atoms with Crippen LogP contribution in [0.25, 0.3) is 0 Å². The van der Waals surface area contributed by atoms with Crippen LogP contribution in [0.1, 0.15) is 25.7 Å². The lowest BCUT2D eigenvalue weighted by atomic mass is 9.70. The number of aliphatic carboxylic acids is 1. The molecule has 0 unspecified atom stereocenters. The first-order chi connectivity index (χ1) is 6.53. The zero-order valence-electron chi connectivity index (χ0n) is 8.03. The highest BCUT2D eigenvalue weighted by atomic mass is 16.4. The van der Waals surface area contributed by atoms with Gasteiger partial charge in [0.05, 0.1) is 0 Å². The van der Waals surface area contributed by atoms with Gasteiger partial charge in [0.25, 0.3) is 0 Å². The third-order valence-electron chi connectivity index (χ3n) is 3.17. The van der Waals surface area contributed by atoms with Crippen LogP contribution in [0.3, 0.4) is 0 Å². The van der Waals surface area contributed by atoms with Gasteiger partial charge in [-0.15, -0.1) is 0 Å². The molecule has 0 bridgehead atoms. The van der Waals surface area contributed by atoms with Gasteiger partial charge in [-0.05, 0) is 38.1 Å². The SMILES string of the molecule is NCC1CCC(C(N)=O)(C(=O)O)CC1. The molecule has 1 amide bonds. The van der Waals surface area contributed by atoms with Gasteiger partial charge < -0.3 is 16.6 Å². The van der Waals surface area contributed by atoms with Crippen LogP contribution in [0.5, 0.6) is 0 Å². The van der Waals surface area contributed by atoms with Crippen molar-refractivity contribution in [2.75, 3.05) is 6.54 Å². The normalized spacial score (nSPS) is 32.5. The van der Waals surface area contributed by atoms with E-state index < -0.39 is 17.3 Å². The van der Waals surface area contributed by atoms with Gasteiger partial charge in [-0.2, -0.15) is 0 Å². The monoisotopic (exact) mass is 200 g/mol. The van der Waals surface area contributed by atoms with E-state index in [4.69, 9.17) is 16.6 Å². The average molecular weight is 200 g/mol. The van der Waals surface area contributed by atoms with Crippen molar-refractivity contribution < 1.29 is 14.7 Å². The Kier molecular flexibility index (Phi) is 3.10. The van der Waals surface area contributed by atoms with Crippen LogP contribution in [-0.4, -0.2) is 23.5 Å². The highest BCUT2D eigenvalue weighted by Crippen LogP contribution is 2.38. The molecule has 5 nitrogen and oxygen atoms in total. The van der Waals surface area contributed by atoms with E-state index in [1.54, 1.807) is 0 Å². The molecule has 1 fully saturated rings. The van der Waals surface area contributed by atoms with Gasteiger partial charge >= 0.3 is 5.97 Å². The summed E-state index contributed by atoms with van der Waals surface area (Å²) in [6, 6.07) is 0. The molecule has 0 saturated heterocycles. The number of amides is 1. The highest BCUT2D eigenvalue weighted by molar-refractivity contribution is 6.01. The van der Waals surface area contributed by atoms with Crippen molar-refractivity contribution in [3.8, 4) is 0 Å². The van der Waals surface area contributed by atoms with Crippen molar-refractivity contribution in [2.24, 2.45) is 22.8 Å². The van der Waals surface area contributed by atoms with Crippen LogP contribution >= 0.6 is 0 Å². The maximum Gasteiger partial charge on any atom is 0.319 e. The Morgan fingerprint density at radius 2 is 1.86 bits per heavy atom. The maximum absolute atomic E-state index is 11.1. The fourth-order valence-electron chi connectivity index (χ4n) is 1.97. The minimum absolute atomic E-state index is 0.319. The average Bonchev–Trinajstić information content (AvgIpc) is 2.17. The molecule has 0 aromatic heterocycles. The second kappa shape index (κ2) is 3.96. The van der Waals surface area contributed by atoms with E-state index in [0.717, 1.165) is 0 Å². The smallest absolute Gasteiger partial charge is 0.319 e. The third-order valence-corrected chi connectivity index (χ3v) is 3.17. The fourth-order valence-corrected chi connectivity index (χ4v) is 1.97. The number of hydrogen-bond acceptors (Lipinski definition) is 3. The first kappa shape index (κ1) is 11.0. The van der Waals surface area contributed by atoms with Crippen molar-refractivity contribution in [1.82, 2.24) is 0 Å². The first-order valence-corrected chi connectivity index (χ1v) is 4.76. The summed E-state index contributed by atoms with van der Waals surface area (Å²) >= 11 is 0. The van der Waals surface area contributed by atoms with Crippen molar-refractivity contribution in [3.05, 3.63) is 0 Å². The zero-order chi connectivity index (χ0) is 10.8. The Morgan fingerprint density at radius 3 is 2.14 bits per heavy atom. The largest absolute Gasteiger partial charge is 0.480 e. The van der Waals surface area contributed by atoms with E-state index in [2.05, 4.69) is 0 Å². The molecule has 1 aliphatic carbocycles. The topological polar surface area (TPSA) is 106 Å². The van der Waals surface area contributed by atoms with Gasteiger partial charge in [-0.1, -0.05) is 0 Å². The summed E-state index contributed by atoms with van der Waals surface area (Å²) in [5.41, 5.74) is 9.28. The molecule has 0 atom stereocenters. The molecule has 80 valence electrons.